The van der Waals surface area contributed by atoms with E-state index >= 15 is 0 Å². The van der Waals surface area contributed by atoms with Crippen LogP contribution in [0.1, 0.15) is 23.6 Å². The SMILES string of the molecule is COc1cc(/C=C2/SC(=S)N(C(CC(=O)O)c3ccccc3)C2=O)cc(OC)c1OC. The summed E-state index contributed by atoms with van der Waals surface area (Å²) in [6, 6.07) is 11.7. The lowest BCUT2D eigenvalue weighted by Crippen LogP contribution is -2.34. The highest BCUT2D eigenvalue weighted by molar-refractivity contribution is 8.26. The van der Waals surface area contributed by atoms with Gasteiger partial charge in [0.15, 0.2) is 11.5 Å². The van der Waals surface area contributed by atoms with Crippen LogP contribution in [-0.4, -0.2) is 47.5 Å². The number of carbonyl (C=O) groups excluding carboxylic acids is 1. The number of hydrogen-bond donors (Lipinski definition) is 1. The van der Waals surface area contributed by atoms with Crippen LogP contribution in [0.25, 0.3) is 6.08 Å². The van der Waals surface area contributed by atoms with Gasteiger partial charge in [-0.05, 0) is 29.3 Å². The number of carbonyl (C=O) groups is 2. The zero-order valence-corrected chi connectivity index (χ0v) is 18.8. The van der Waals surface area contributed by atoms with Crippen molar-refractivity contribution in [1.82, 2.24) is 4.90 Å². The van der Waals surface area contributed by atoms with Gasteiger partial charge in [0.2, 0.25) is 5.75 Å². The average molecular weight is 460 g/mol. The summed E-state index contributed by atoms with van der Waals surface area (Å²) in [5.41, 5.74) is 1.36. The Hall–Kier alpha value is -3.04. The zero-order chi connectivity index (χ0) is 22.5. The van der Waals surface area contributed by atoms with E-state index in [4.69, 9.17) is 26.4 Å². The topological polar surface area (TPSA) is 85.3 Å². The van der Waals surface area contributed by atoms with E-state index in [9.17, 15) is 14.7 Å². The van der Waals surface area contributed by atoms with Crippen LogP contribution in [0.5, 0.6) is 17.2 Å². The summed E-state index contributed by atoms with van der Waals surface area (Å²) in [6.07, 6.45) is 1.42. The molecule has 1 unspecified atom stereocenters. The van der Waals surface area contributed by atoms with Gasteiger partial charge in [-0.2, -0.15) is 0 Å². The van der Waals surface area contributed by atoms with Gasteiger partial charge in [-0.25, -0.2) is 0 Å². The van der Waals surface area contributed by atoms with Gasteiger partial charge < -0.3 is 19.3 Å². The molecule has 0 spiro atoms. The Morgan fingerprint density at radius 3 is 2.26 bits per heavy atom. The third-order valence-corrected chi connectivity index (χ3v) is 6.00. The standard InChI is InChI=1S/C22H21NO6S2/c1-27-16-9-13(10-17(28-2)20(16)29-3)11-18-21(26)23(22(30)31-18)15(12-19(24)25)14-7-5-4-6-8-14/h4-11,15H,12H2,1-3H3,(H,24,25)/b18-11+. The molecule has 1 amide bonds. The number of aliphatic carboxylic acids is 1. The Bertz CT molecular complexity index is 1010. The summed E-state index contributed by atoms with van der Waals surface area (Å²) in [6.45, 7) is 0. The molecule has 0 radical (unpaired) electrons. The first kappa shape index (κ1) is 22.6. The van der Waals surface area contributed by atoms with Crippen LogP contribution in [0.3, 0.4) is 0 Å². The first-order chi connectivity index (χ1) is 14.9. The predicted molar refractivity (Wildman–Crippen MR) is 123 cm³/mol. The van der Waals surface area contributed by atoms with Crippen LogP contribution in [-0.2, 0) is 9.59 Å². The van der Waals surface area contributed by atoms with Crippen molar-refractivity contribution in [3.05, 3.63) is 58.5 Å². The van der Waals surface area contributed by atoms with Crippen molar-refractivity contribution in [2.75, 3.05) is 21.3 Å². The summed E-state index contributed by atoms with van der Waals surface area (Å²) < 4.78 is 16.4. The number of nitrogens with zero attached hydrogens (tertiary/aromatic N) is 1. The second kappa shape index (κ2) is 9.84. The molecule has 1 saturated heterocycles. The van der Waals surface area contributed by atoms with Gasteiger partial charge in [-0.1, -0.05) is 54.3 Å². The largest absolute Gasteiger partial charge is 0.493 e. The van der Waals surface area contributed by atoms with Gasteiger partial charge in [0.1, 0.15) is 4.32 Å². The van der Waals surface area contributed by atoms with Crippen LogP contribution < -0.4 is 14.2 Å². The maximum absolute atomic E-state index is 13.2. The number of benzene rings is 2. The Labute approximate surface area is 189 Å². The van der Waals surface area contributed by atoms with Crippen molar-refractivity contribution in [2.24, 2.45) is 0 Å². The summed E-state index contributed by atoms with van der Waals surface area (Å²) in [7, 11) is 4.53. The lowest BCUT2D eigenvalue weighted by atomic mass is 10.0. The monoisotopic (exact) mass is 459 g/mol. The lowest BCUT2D eigenvalue weighted by Gasteiger charge is -2.26. The molecule has 0 bridgehead atoms. The third kappa shape index (κ3) is 4.83. The Morgan fingerprint density at radius 2 is 1.74 bits per heavy atom. The van der Waals surface area contributed by atoms with E-state index in [1.807, 2.05) is 6.07 Å². The maximum atomic E-state index is 13.2. The number of carboxylic acids is 1. The fraction of sp³-hybridized carbons (Fsp3) is 0.227. The van der Waals surface area contributed by atoms with E-state index in [1.165, 1.54) is 26.2 Å². The van der Waals surface area contributed by atoms with E-state index in [0.29, 0.717) is 37.6 Å². The van der Waals surface area contributed by atoms with E-state index in [2.05, 4.69) is 0 Å². The molecule has 0 aromatic heterocycles. The molecular weight excluding hydrogens is 438 g/mol. The number of ether oxygens (including phenoxy) is 3. The molecule has 1 heterocycles. The minimum absolute atomic E-state index is 0.256. The highest BCUT2D eigenvalue weighted by Gasteiger charge is 2.38. The highest BCUT2D eigenvalue weighted by atomic mass is 32.2. The zero-order valence-electron chi connectivity index (χ0n) is 17.2. The number of thioether (sulfide) groups is 1. The highest BCUT2D eigenvalue weighted by Crippen LogP contribution is 2.42. The predicted octanol–water partition coefficient (Wildman–Crippen LogP) is 4.13. The molecule has 2 aromatic carbocycles. The van der Waals surface area contributed by atoms with Crippen molar-refractivity contribution in [1.29, 1.82) is 0 Å². The fourth-order valence-electron chi connectivity index (χ4n) is 3.28. The van der Waals surface area contributed by atoms with Crippen molar-refractivity contribution in [3.8, 4) is 17.2 Å². The van der Waals surface area contributed by atoms with Crippen molar-refractivity contribution < 1.29 is 28.9 Å². The Balaban J connectivity index is 1.99. The van der Waals surface area contributed by atoms with Crippen molar-refractivity contribution in [2.45, 2.75) is 12.5 Å². The molecular formula is C22H21NO6S2. The molecule has 1 N–H and O–H groups in total. The third-order valence-electron chi connectivity index (χ3n) is 4.67. The minimum atomic E-state index is -1.02. The summed E-state index contributed by atoms with van der Waals surface area (Å²) in [5, 5.41) is 9.40. The number of hydrogen-bond acceptors (Lipinski definition) is 7. The van der Waals surface area contributed by atoms with Crippen LogP contribution >= 0.6 is 24.0 Å². The first-order valence-corrected chi connectivity index (χ1v) is 10.5. The molecule has 1 fully saturated rings. The van der Waals surface area contributed by atoms with Crippen LogP contribution in [0.4, 0.5) is 0 Å². The normalized spacial score (nSPS) is 15.8. The lowest BCUT2D eigenvalue weighted by molar-refractivity contribution is -0.138. The summed E-state index contributed by atoms with van der Waals surface area (Å²) in [4.78, 5) is 26.5. The number of amides is 1. The van der Waals surface area contributed by atoms with Gasteiger partial charge in [-0.3, -0.25) is 14.5 Å². The second-order valence-corrected chi connectivity index (χ2v) is 8.21. The van der Waals surface area contributed by atoms with Gasteiger partial charge >= 0.3 is 5.97 Å². The van der Waals surface area contributed by atoms with Crippen molar-refractivity contribution in [3.63, 3.8) is 0 Å². The van der Waals surface area contributed by atoms with Gasteiger partial charge in [0.05, 0.1) is 38.7 Å². The minimum Gasteiger partial charge on any atom is -0.493 e. The van der Waals surface area contributed by atoms with E-state index in [-0.39, 0.29) is 12.3 Å². The van der Waals surface area contributed by atoms with E-state index < -0.39 is 12.0 Å². The number of rotatable bonds is 8. The number of thiocarbonyl (C=S) groups is 1. The molecule has 0 saturated carbocycles. The molecule has 3 rings (SSSR count). The van der Waals surface area contributed by atoms with Crippen molar-refractivity contribution >= 4 is 46.3 Å². The molecule has 7 nitrogen and oxygen atoms in total. The number of methoxy groups -OCH3 is 3. The fourth-order valence-corrected chi connectivity index (χ4v) is 4.64. The maximum Gasteiger partial charge on any atom is 0.305 e. The molecule has 162 valence electrons. The van der Waals surface area contributed by atoms with Crippen LogP contribution in [0.15, 0.2) is 47.4 Å². The Kier molecular flexibility index (Phi) is 7.19. The molecule has 9 heteroatoms. The molecule has 1 aliphatic rings. The average Bonchev–Trinajstić information content (AvgIpc) is 3.04. The second-order valence-electron chi connectivity index (χ2n) is 6.53. The molecule has 1 atom stereocenters. The number of carboxylic acid groups (broad SMARTS) is 1. The van der Waals surface area contributed by atoms with Crippen LogP contribution in [0.2, 0.25) is 0 Å². The van der Waals surface area contributed by atoms with Crippen LogP contribution in [0, 0.1) is 0 Å². The molecule has 0 aliphatic carbocycles. The van der Waals surface area contributed by atoms with Gasteiger partial charge in [-0.15, -0.1) is 0 Å². The molecule has 1 aliphatic heterocycles. The first-order valence-electron chi connectivity index (χ1n) is 9.23. The molecule has 31 heavy (non-hydrogen) atoms. The van der Waals surface area contributed by atoms with E-state index in [1.54, 1.807) is 42.5 Å². The van der Waals surface area contributed by atoms with Gasteiger partial charge in [0.25, 0.3) is 5.91 Å². The van der Waals surface area contributed by atoms with Gasteiger partial charge in [0, 0.05) is 0 Å². The smallest absolute Gasteiger partial charge is 0.305 e. The molecule has 2 aromatic rings. The Morgan fingerprint density at radius 1 is 1.13 bits per heavy atom. The quantitative estimate of drug-likeness (QED) is 0.466. The summed E-state index contributed by atoms with van der Waals surface area (Å²) >= 11 is 6.57. The van der Waals surface area contributed by atoms with E-state index in [0.717, 1.165) is 11.8 Å². The summed E-state index contributed by atoms with van der Waals surface area (Å²) in [5.74, 6) is -0.0103.